The maximum atomic E-state index is 13.2. The van der Waals surface area contributed by atoms with Crippen LogP contribution in [-0.2, 0) is 28.9 Å². The Hall–Kier alpha value is -1.16. The number of ether oxygens (including phenoxy) is 2. The molecule has 1 amide bonds. The number of unbranched alkanes of at least 4 members (excludes halogenated alkanes) is 38. The summed E-state index contributed by atoms with van der Waals surface area (Å²) in [5, 5.41) is 45.2. The lowest BCUT2D eigenvalue weighted by Gasteiger charge is -2.41. The van der Waals surface area contributed by atoms with Gasteiger partial charge in [0.15, 0.2) is 6.29 Å². The maximum absolute atomic E-state index is 13.2. The molecule has 12 nitrogen and oxygen atoms in total. The highest BCUT2D eigenvalue weighted by atomic mass is 32.3. The van der Waals surface area contributed by atoms with Gasteiger partial charge in [-0.05, 0) is 38.5 Å². The monoisotopic (exact) mass is 1020 g/mol. The van der Waals surface area contributed by atoms with Crippen LogP contribution < -0.4 is 5.32 Å². The molecule has 1 saturated heterocycles. The Labute approximate surface area is 430 Å². The van der Waals surface area contributed by atoms with Crippen molar-refractivity contribution in [1.82, 2.24) is 5.32 Å². The van der Waals surface area contributed by atoms with Crippen molar-refractivity contribution in [2.24, 2.45) is 0 Å². The van der Waals surface area contributed by atoms with E-state index in [1.54, 1.807) is 0 Å². The van der Waals surface area contributed by atoms with Crippen molar-refractivity contribution in [2.45, 2.75) is 333 Å². The van der Waals surface area contributed by atoms with Crippen LogP contribution in [0.15, 0.2) is 12.2 Å². The van der Waals surface area contributed by atoms with E-state index in [0.29, 0.717) is 12.8 Å². The minimum atomic E-state index is -5.08. The van der Waals surface area contributed by atoms with Gasteiger partial charge in [0.2, 0.25) is 5.91 Å². The number of aliphatic hydroxyl groups excluding tert-OH is 4. The largest absolute Gasteiger partial charge is 0.397 e. The molecule has 6 N–H and O–H groups in total. The van der Waals surface area contributed by atoms with E-state index in [0.717, 1.165) is 51.4 Å². The van der Waals surface area contributed by atoms with E-state index in [1.165, 1.54) is 205 Å². The summed E-state index contributed by atoms with van der Waals surface area (Å²) in [5.74, 6) is -0.229. The quantitative estimate of drug-likeness (QED) is 0.0193. The van der Waals surface area contributed by atoms with Gasteiger partial charge in [0.05, 0.1) is 25.4 Å². The Morgan fingerprint density at radius 3 is 1.29 bits per heavy atom. The number of allylic oxidation sites excluding steroid dienone is 2. The predicted molar refractivity (Wildman–Crippen MR) is 287 cm³/mol. The Morgan fingerprint density at radius 1 is 0.557 bits per heavy atom. The number of aliphatic hydroxyl groups is 4. The average Bonchev–Trinajstić information content (AvgIpc) is 3.33. The Balaban J connectivity index is 2.35. The molecule has 0 aromatic carbocycles. The first-order chi connectivity index (χ1) is 34.0. The van der Waals surface area contributed by atoms with Crippen LogP contribution in [0, 0.1) is 0 Å². The molecule has 1 aliphatic heterocycles. The van der Waals surface area contributed by atoms with Crippen LogP contribution in [0.4, 0.5) is 0 Å². The summed E-state index contributed by atoms with van der Waals surface area (Å²) in [6.07, 6.45) is 47.8. The van der Waals surface area contributed by atoms with Crippen LogP contribution in [0.1, 0.15) is 290 Å². The number of hydrogen-bond acceptors (Lipinski definition) is 10. The van der Waals surface area contributed by atoms with E-state index in [2.05, 4.69) is 35.5 Å². The van der Waals surface area contributed by atoms with Crippen LogP contribution in [0.3, 0.4) is 0 Å². The summed E-state index contributed by atoms with van der Waals surface area (Å²) in [5.41, 5.74) is 0. The molecule has 7 atom stereocenters. The standard InChI is InChI=1S/C57H111NO11S/c1-3-5-7-9-11-13-15-17-19-21-23-25-27-29-31-33-35-37-39-41-43-45-47-53(61)58-50(49-67-57-55(63)56(69-70(64,65)66)54(62)52(48-59)68-57)51(60)46-44-42-40-38-36-34-32-30-28-26-24-22-20-18-16-14-12-10-8-6-4-2/h27,29,50-52,54-57,59-60,62-63H,3-26,28,30-49H2,1-2H3,(H,58,61)(H,64,65,66)/b29-27-. The topological polar surface area (TPSA) is 192 Å². The fourth-order valence-electron chi connectivity index (χ4n) is 9.75. The van der Waals surface area contributed by atoms with E-state index in [9.17, 15) is 38.2 Å². The van der Waals surface area contributed by atoms with Crippen molar-refractivity contribution in [1.29, 1.82) is 0 Å². The van der Waals surface area contributed by atoms with Crippen LogP contribution in [0.5, 0.6) is 0 Å². The minimum Gasteiger partial charge on any atom is -0.394 e. The lowest BCUT2D eigenvalue weighted by atomic mass is 9.99. The molecule has 0 bridgehead atoms. The number of hydrogen-bond donors (Lipinski definition) is 6. The molecule has 1 fully saturated rings. The molecular formula is C57H111NO11S. The fraction of sp³-hybridized carbons (Fsp3) is 0.947. The van der Waals surface area contributed by atoms with E-state index in [1.807, 2.05) is 0 Å². The predicted octanol–water partition coefficient (Wildman–Crippen LogP) is 13.8. The lowest BCUT2D eigenvalue weighted by molar-refractivity contribution is -0.298. The van der Waals surface area contributed by atoms with Gasteiger partial charge in [0, 0.05) is 6.42 Å². The van der Waals surface area contributed by atoms with Crippen LogP contribution in [0.25, 0.3) is 0 Å². The van der Waals surface area contributed by atoms with Crippen molar-refractivity contribution in [2.75, 3.05) is 13.2 Å². The van der Waals surface area contributed by atoms with Crippen LogP contribution in [0.2, 0.25) is 0 Å². The first-order valence-electron chi connectivity index (χ1n) is 29.6. The highest BCUT2D eigenvalue weighted by Crippen LogP contribution is 2.26. The van der Waals surface area contributed by atoms with Gasteiger partial charge < -0.3 is 35.2 Å². The molecule has 0 aromatic rings. The van der Waals surface area contributed by atoms with Gasteiger partial charge in [0.25, 0.3) is 0 Å². The molecule has 0 saturated carbocycles. The molecule has 1 aliphatic rings. The summed E-state index contributed by atoms with van der Waals surface area (Å²) in [6, 6.07) is -0.859. The molecule has 416 valence electrons. The minimum absolute atomic E-state index is 0.229. The Kier molecular flexibility index (Phi) is 45.4. The second-order valence-corrected chi connectivity index (χ2v) is 22.0. The van der Waals surface area contributed by atoms with Crippen molar-refractivity contribution in [3.05, 3.63) is 12.2 Å². The van der Waals surface area contributed by atoms with Gasteiger partial charge in [-0.2, -0.15) is 8.42 Å². The van der Waals surface area contributed by atoms with Crippen molar-refractivity contribution in [3.63, 3.8) is 0 Å². The number of amides is 1. The molecule has 1 rings (SSSR count). The molecule has 0 radical (unpaired) electrons. The van der Waals surface area contributed by atoms with E-state index >= 15 is 0 Å². The summed E-state index contributed by atoms with van der Waals surface area (Å²) >= 11 is 0. The summed E-state index contributed by atoms with van der Waals surface area (Å²) in [6.45, 7) is 3.50. The average molecular weight is 1020 g/mol. The van der Waals surface area contributed by atoms with Gasteiger partial charge >= 0.3 is 10.4 Å². The van der Waals surface area contributed by atoms with Crippen LogP contribution in [-0.4, -0.2) is 95.4 Å². The molecular weight excluding hydrogens is 907 g/mol. The smallest absolute Gasteiger partial charge is 0.394 e. The normalized spacial score (nSPS) is 19.6. The Morgan fingerprint density at radius 2 is 0.914 bits per heavy atom. The molecule has 13 heteroatoms. The number of nitrogens with one attached hydrogen (secondary N) is 1. The highest BCUT2D eigenvalue weighted by molar-refractivity contribution is 7.80. The molecule has 0 aromatic heterocycles. The third-order valence-corrected chi connectivity index (χ3v) is 14.8. The zero-order valence-corrected chi connectivity index (χ0v) is 45.9. The summed E-state index contributed by atoms with van der Waals surface area (Å²) in [7, 11) is -5.08. The number of rotatable bonds is 52. The summed E-state index contributed by atoms with van der Waals surface area (Å²) < 4.78 is 47.9. The zero-order valence-electron chi connectivity index (χ0n) is 45.1. The molecule has 0 spiro atoms. The highest BCUT2D eigenvalue weighted by Gasteiger charge is 2.48. The van der Waals surface area contributed by atoms with E-state index in [-0.39, 0.29) is 18.9 Å². The van der Waals surface area contributed by atoms with Gasteiger partial charge in [-0.25, -0.2) is 4.18 Å². The maximum Gasteiger partial charge on any atom is 0.397 e. The van der Waals surface area contributed by atoms with Crippen molar-refractivity contribution in [3.8, 4) is 0 Å². The van der Waals surface area contributed by atoms with Crippen molar-refractivity contribution >= 4 is 16.3 Å². The molecule has 1 heterocycles. The first kappa shape index (κ1) is 66.9. The van der Waals surface area contributed by atoms with Crippen molar-refractivity contribution < 1.29 is 51.8 Å². The molecule has 7 unspecified atom stereocenters. The zero-order chi connectivity index (χ0) is 51.2. The summed E-state index contributed by atoms with van der Waals surface area (Å²) in [4.78, 5) is 13.2. The second kappa shape index (κ2) is 47.5. The lowest BCUT2D eigenvalue weighted by Crippen LogP contribution is -2.61. The SMILES string of the molecule is CCCCCCCCCCCCC/C=C\CCCCCCCCCC(=O)NC(COC1OC(CO)C(O)C(OS(=O)(=O)O)C1O)C(O)CCCCCCCCCCCCCCCCCCCCCCC. The van der Waals surface area contributed by atoms with E-state index in [4.69, 9.17) is 9.47 Å². The second-order valence-electron chi connectivity index (χ2n) is 20.9. The number of carbonyl (C=O) groups is 1. The van der Waals surface area contributed by atoms with E-state index < -0.39 is 59.9 Å². The Bertz CT molecular complexity index is 1290. The van der Waals surface area contributed by atoms with Gasteiger partial charge in [-0.1, -0.05) is 257 Å². The number of carbonyl (C=O) groups excluding carboxylic acids is 1. The molecule has 70 heavy (non-hydrogen) atoms. The molecule has 0 aliphatic carbocycles. The van der Waals surface area contributed by atoms with Gasteiger partial charge in [0.1, 0.15) is 24.4 Å². The first-order valence-corrected chi connectivity index (χ1v) is 30.9. The van der Waals surface area contributed by atoms with Gasteiger partial charge in [-0.15, -0.1) is 0 Å². The third-order valence-electron chi connectivity index (χ3n) is 14.3. The van der Waals surface area contributed by atoms with Gasteiger partial charge in [-0.3, -0.25) is 9.35 Å². The van der Waals surface area contributed by atoms with Crippen LogP contribution >= 0.6 is 0 Å². The fourth-order valence-corrected chi connectivity index (χ4v) is 10.3. The third kappa shape index (κ3) is 39.3.